The number of aromatic nitrogens is 4. The molecule has 160 valence electrons. The molecule has 1 fully saturated rings. The summed E-state index contributed by atoms with van der Waals surface area (Å²) >= 11 is 0. The number of hydrogen-bond donors (Lipinski definition) is 2. The maximum Gasteiger partial charge on any atom is 0.333 e. The Balaban J connectivity index is 1.61. The fourth-order valence-corrected chi connectivity index (χ4v) is 3.50. The van der Waals surface area contributed by atoms with Crippen molar-refractivity contribution in [3.63, 3.8) is 0 Å². The molecule has 2 aromatic heterocycles. The predicted molar refractivity (Wildman–Crippen MR) is 115 cm³/mol. The molecule has 1 amide bonds. The van der Waals surface area contributed by atoms with Gasteiger partial charge in [-0.2, -0.15) is 0 Å². The maximum absolute atomic E-state index is 12.9. The summed E-state index contributed by atoms with van der Waals surface area (Å²) in [6.07, 6.45) is 5.86. The average Bonchev–Trinajstić information content (AvgIpc) is 2.80. The van der Waals surface area contributed by atoms with Crippen LogP contribution in [-0.4, -0.2) is 45.6 Å². The lowest BCUT2D eigenvalue weighted by atomic mass is 10.1. The molecule has 0 bridgehead atoms. The van der Waals surface area contributed by atoms with Gasteiger partial charge in [-0.15, -0.1) is 0 Å². The first-order valence-electron chi connectivity index (χ1n) is 9.94. The number of H-pyrrole nitrogens is 1. The molecule has 1 aliphatic rings. The summed E-state index contributed by atoms with van der Waals surface area (Å²) in [6.45, 7) is 1.80. The van der Waals surface area contributed by atoms with Crippen molar-refractivity contribution in [2.75, 3.05) is 30.4 Å². The number of carbonyl (C=O) groups is 1. The molecule has 10 nitrogen and oxygen atoms in total. The second kappa shape index (κ2) is 8.82. The van der Waals surface area contributed by atoms with Gasteiger partial charge in [0, 0.05) is 25.4 Å². The summed E-state index contributed by atoms with van der Waals surface area (Å²) in [5.41, 5.74) is -1.29. The van der Waals surface area contributed by atoms with Gasteiger partial charge >= 0.3 is 5.69 Å². The van der Waals surface area contributed by atoms with E-state index in [1.54, 1.807) is 30.3 Å². The Morgan fingerprint density at radius 1 is 1.10 bits per heavy atom. The number of nitrogens with zero attached hydrogens (tertiary/aromatic N) is 4. The van der Waals surface area contributed by atoms with E-state index in [-0.39, 0.29) is 11.4 Å². The van der Waals surface area contributed by atoms with E-state index in [4.69, 9.17) is 4.74 Å². The first-order chi connectivity index (χ1) is 15.1. The van der Waals surface area contributed by atoms with Crippen LogP contribution in [0, 0.1) is 0 Å². The van der Waals surface area contributed by atoms with Crippen LogP contribution in [0.4, 0.5) is 11.6 Å². The zero-order chi connectivity index (χ0) is 21.8. The van der Waals surface area contributed by atoms with Gasteiger partial charge in [0.05, 0.1) is 12.8 Å². The highest BCUT2D eigenvalue weighted by molar-refractivity contribution is 6.03. The van der Waals surface area contributed by atoms with E-state index in [0.717, 1.165) is 42.5 Å². The summed E-state index contributed by atoms with van der Waals surface area (Å²) in [6, 6.07) is 8.05. The minimum Gasteiger partial charge on any atom is -0.497 e. The number of benzene rings is 1. The monoisotopic (exact) mass is 422 g/mol. The number of ether oxygens (including phenoxy) is 1. The van der Waals surface area contributed by atoms with Crippen molar-refractivity contribution < 1.29 is 9.53 Å². The second-order valence-electron chi connectivity index (χ2n) is 7.11. The van der Waals surface area contributed by atoms with Gasteiger partial charge in [0.25, 0.3) is 11.5 Å². The lowest BCUT2D eigenvalue weighted by Crippen LogP contribution is -2.38. The van der Waals surface area contributed by atoms with Gasteiger partial charge in [-0.25, -0.2) is 19.3 Å². The van der Waals surface area contributed by atoms with Crippen molar-refractivity contribution >= 4 is 17.5 Å². The van der Waals surface area contributed by atoms with Gasteiger partial charge in [-0.1, -0.05) is 0 Å². The zero-order valence-corrected chi connectivity index (χ0v) is 17.0. The van der Waals surface area contributed by atoms with E-state index < -0.39 is 17.2 Å². The highest BCUT2D eigenvalue weighted by atomic mass is 16.5. The average molecular weight is 422 g/mol. The minimum absolute atomic E-state index is 0.214. The Morgan fingerprint density at radius 3 is 2.55 bits per heavy atom. The molecular formula is C21H22N6O4. The largest absolute Gasteiger partial charge is 0.497 e. The number of rotatable bonds is 5. The van der Waals surface area contributed by atoms with Crippen LogP contribution in [0.1, 0.15) is 29.6 Å². The molecular weight excluding hydrogens is 400 g/mol. The van der Waals surface area contributed by atoms with E-state index in [1.165, 1.54) is 19.9 Å². The third kappa shape index (κ3) is 4.32. The Bertz CT molecular complexity index is 1200. The van der Waals surface area contributed by atoms with E-state index >= 15 is 0 Å². The van der Waals surface area contributed by atoms with E-state index in [0.29, 0.717) is 11.4 Å². The Labute approximate surface area is 177 Å². The van der Waals surface area contributed by atoms with Crippen LogP contribution < -0.4 is 26.2 Å². The maximum atomic E-state index is 12.9. The van der Waals surface area contributed by atoms with Crippen molar-refractivity contribution in [3.8, 4) is 11.4 Å². The fraction of sp³-hybridized carbons (Fsp3) is 0.286. The van der Waals surface area contributed by atoms with E-state index in [2.05, 4.69) is 25.2 Å². The summed E-state index contributed by atoms with van der Waals surface area (Å²) in [5, 5.41) is 2.62. The van der Waals surface area contributed by atoms with Crippen molar-refractivity contribution in [2.24, 2.45) is 0 Å². The third-order valence-corrected chi connectivity index (χ3v) is 5.13. The normalized spacial score (nSPS) is 13.6. The third-order valence-electron chi connectivity index (χ3n) is 5.13. The summed E-state index contributed by atoms with van der Waals surface area (Å²) in [4.78, 5) is 50.9. The number of aromatic amines is 1. The Morgan fingerprint density at radius 2 is 1.84 bits per heavy atom. The number of methoxy groups -OCH3 is 1. The van der Waals surface area contributed by atoms with Gasteiger partial charge < -0.3 is 19.9 Å². The van der Waals surface area contributed by atoms with Gasteiger partial charge in [0.15, 0.2) is 0 Å². The molecule has 1 saturated heterocycles. The number of hydrogen-bond acceptors (Lipinski definition) is 7. The molecule has 0 aliphatic carbocycles. The van der Waals surface area contributed by atoms with Crippen LogP contribution in [-0.2, 0) is 0 Å². The number of anilines is 2. The molecule has 3 aromatic rings. The lowest BCUT2D eigenvalue weighted by Gasteiger charge is -2.27. The van der Waals surface area contributed by atoms with Crippen LogP contribution in [0.25, 0.3) is 5.69 Å². The number of nitrogens with one attached hydrogen (secondary N) is 2. The number of amides is 1. The van der Waals surface area contributed by atoms with Crippen LogP contribution in [0.5, 0.6) is 5.75 Å². The van der Waals surface area contributed by atoms with Gasteiger partial charge in [-0.05, 0) is 43.5 Å². The zero-order valence-electron chi connectivity index (χ0n) is 17.0. The van der Waals surface area contributed by atoms with E-state index in [1.807, 2.05) is 0 Å². The first-order valence-corrected chi connectivity index (χ1v) is 9.94. The highest BCUT2D eigenvalue weighted by Crippen LogP contribution is 2.19. The lowest BCUT2D eigenvalue weighted by molar-refractivity contribution is 0.102. The molecule has 0 unspecified atom stereocenters. The molecule has 3 heterocycles. The fourth-order valence-electron chi connectivity index (χ4n) is 3.50. The van der Waals surface area contributed by atoms with Gasteiger partial charge in [0.2, 0.25) is 0 Å². The molecule has 2 N–H and O–H groups in total. The Hall–Kier alpha value is -3.95. The van der Waals surface area contributed by atoms with Gasteiger partial charge in [0.1, 0.15) is 29.3 Å². The first kappa shape index (κ1) is 20.3. The quantitative estimate of drug-likeness (QED) is 0.640. The van der Waals surface area contributed by atoms with Crippen LogP contribution in [0.2, 0.25) is 0 Å². The SMILES string of the molecule is COc1ccc(-n2c(=O)[nH]cc(C(=O)Nc3cc(N4CCCCC4)ncn3)c2=O)cc1. The molecule has 1 aliphatic heterocycles. The smallest absolute Gasteiger partial charge is 0.333 e. The summed E-state index contributed by atoms with van der Waals surface area (Å²) in [5.74, 6) is 0.909. The molecule has 0 saturated carbocycles. The van der Waals surface area contributed by atoms with Crippen molar-refractivity contribution in [3.05, 3.63) is 69.3 Å². The molecule has 31 heavy (non-hydrogen) atoms. The molecule has 0 radical (unpaired) electrons. The summed E-state index contributed by atoms with van der Waals surface area (Å²) < 4.78 is 5.99. The molecule has 4 rings (SSSR count). The van der Waals surface area contributed by atoms with Crippen LogP contribution in [0.3, 0.4) is 0 Å². The van der Waals surface area contributed by atoms with Crippen molar-refractivity contribution in [2.45, 2.75) is 19.3 Å². The molecule has 1 aromatic carbocycles. The molecule has 0 spiro atoms. The molecule has 10 heteroatoms. The van der Waals surface area contributed by atoms with Crippen molar-refractivity contribution in [1.29, 1.82) is 0 Å². The Kier molecular flexibility index (Phi) is 5.78. The topological polar surface area (TPSA) is 122 Å². The number of carbonyl (C=O) groups excluding carboxylic acids is 1. The second-order valence-corrected chi connectivity index (χ2v) is 7.11. The number of piperidine rings is 1. The minimum atomic E-state index is -0.739. The van der Waals surface area contributed by atoms with Crippen molar-refractivity contribution in [1.82, 2.24) is 19.5 Å². The van der Waals surface area contributed by atoms with E-state index in [9.17, 15) is 14.4 Å². The summed E-state index contributed by atoms with van der Waals surface area (Å²) in [7, 11) is 1.52. The standard InChI is InChI=1S/C21H22N6O4/c1-31-15-7-5-14(6-8-15)27-20(29)16(12-22-21(27)30)19(28)25-17-11-18(24-13-23-17)26-9-3-2-4-10-26/h5-8,11-13H,2-4,9-10H2,1H3,(H,22,30)(H,23,24,25,28). The molecule has 0 atom stereocenters. The predicted octanol–water partition coefficient (Wildman–Crippen LogP) is 1.57. The highest BCUT2D eigenvalue weighted by Gasteiger charge is 2.18. The van der Waals surface area contributed by atoms with Gasteiger partial charge in [-0.3, -0.25) is 9.59 Å². The van der Waals surface area contributed by atoms with Crippen LogP contribution in [0.15, 0.2) is 52.4 Å². The van der Waals surface area contributed by atoms with Crippen LogP contribution >= 0.6 is 0 Å².